The van der Waals surface area contributed by atoms with Gasteiger partial charge in [0.25, 0.3) is 0 Å². The Labute approximate surface area is 136 Å². The van der Waals surface area contributed by atoms with Crippen molar-refractivity contribution in [3.05, 3.63) is 60.2 Å². The summed E-state index contributed by atoms with van der Waals surface area (Å²) in [6, 6.07) is 15.9. The molecule has 0 heterocycles. The number of ether oxygens (including phenoxy) is 1. The predicted octanol–water partition coefficient (Wildman–Crippen LogP) is 3.96. The minimum atomic E-state index is -0.576. The minimum absolute atomic E-state index is 0.576. The van der Waals surface area contributed by atoms with Gasteiger partial charge in [0.15, 0.2) is 0 Å². The molecule has 2 aromatic rings. The second kappa shape index (κ2) is 8.76. The van der Waals surface area contributed by atoms with Crippen molar-refractivity contribution in [2.75, 3.05) is 6.61 Å². The van der Waals surface area contributed by atoms with Crippen LogP contribution in [0.5, 0.6) is 5.75 Å². The number of hydrogen-bond acceptors (Lipinski definition) is 4. The topological polar surface area (TPSA) is 61.5 Å². The molecule has 0 aliphatic heterocycles. The summed E-state index contributed by atoms with van der Waals surface area (Å²) in [5.41, 5.74) is 3.12. The molecule has 0 unspecified atom stereocenters. The molecule has 0 radical (unpaired) electrons. The highest BCUT2D eigenvalue weighted by molar-refractivity contribution is 5.86. The molecule has 0 atom stereocenters. The number of hydrogen-bond donors (Lipinski definition) is 1. The second-order valence-corrected chi connectivity index (χ2v) is 5.12. The first-order valence-electron chi connectivity index (χ1n) is 7.65. The Bertz CT molecular complexity index is 645. The molecule has 0 fully saturated rings. The van der Waals surface area contributed by atoms with E-state index in [4.69, 9.17) is 10.6 Å². The molecule has 4 nitrogen and oxygen atoms in total. The molecule has 0 aliphatic rings. The van der Waals surface area contributed by atoms with E-state index in [1.807, 2.05) is 48.5 Å². The highest BCUT2D eigenvalue weighted by Crippen LogP contribution is 2.23. The fraction of sp³-hybridized carbons (Fsp3) is 0.211. The number of carbonyl (C=O) groups excluding carboxylic acids is 1. The third-order valence-corrected chi connectivity index (χ3v) is 3.39. The van der Waals surface area contributed by atoms with Crippen molar-refractivity contribution in [3.8, 4) is 16.9 Å². The molecule has 0 saturated carbocycles. The van der Waals surface area contributed by atoms with Gasteiger partial charge in [-0.15, -0.1) is 0 Å². The monoisotopic (exact) mass is 311 g/mol. The first-order chi connectivity index (χ1) is 11.2. The predicted molar refractivity (Wildman–Crippen MR) is 91.6 cm³/mol. The number of unbranched alkanes of at least 4 members (excludes halogenated alkanes) is 1. The van der Waals surface area contributed by atoms with Crippen LogP contribution in [0, 0.1) is 0 Å². The van der Waals surface area contributed by atoms with Crippen LogP contribution < -0.4 is 10.6 Å². The largest absolute Gasteiger partial charge is 0.494 e. The van der Waals surface area contributed by atoms with Gasteiger partial charge in [-0.1, -0.05) is 49.7 Å². The van der Waals surface area contributed by atoms with E-state index in [1.165, 1.54) is 6.08 Å². The lowest BCUT2D eigenvalue weighted by Crippen LogP contribution is -2.05. The zero-order valence-corrected chi connectivity index (χ0v) is 13.2. The molecule has 2 aromatic carbocycles. The second-order valence-electron chi connectivity index (χ2n) is 5.12. The van der Waals surface area contributed by atoms with Gasteiger partial charge in [0, 0.05) is 6.08 Å². The third-order valence-electron chi connectivity index (χ3n) is 3.39. The van der Waals surface area contributed by atoms with Gasteiger partial charge in [-0.25, -0.2) is 4.79 Å². The summed E-state index contributed by atoms with van der Waals surface area (Å²) < 4.78 is 5.66. The van der Waals surface area contributed by atoms with Crippen molar-refractivity contribution < 1.29 is 14.4 Å². The normalized spacial score (nSPS) is 10.7. The van der Waals surface area contributed by atoms with Crippen molar-refractivity contribution in [1.29, 1.82) is 0 Å². The molecule has 0 bridgehead atoms. The van der Waals surface area contributed by atoms with Crippen LogP contribution in [0.25, 0.3) is 17.2 Å². The standard InChI is InChI=1S/C19H21NO3/c1-2-3-14-22-18-11-9-17(10-12-18)16-7-4-15(5-8-16)6-13-19(21)23-20/h4-13H,2-3,14,20H2,1H3/b13-6+. The zero-order valence-electron chi connectivity index (χ0n) is 13.2. The lowest BCUT2D eigenvalue weighted by molar-refractivity contribution is -0.138. The van der Waals surface area contributed by atoms with Gasteiger partial charge in [0.2, 0.25) is 0 Å². The highest BCUT2D eigenvalue weighted by Gasteiger charge is 1.99. The lowest BCUT2D eigenvalue weighted by Gasteiger charge is -2.07. The number of carbonyl (C=O) groups is 1. The van der Waals surface area contributed by atoms with Crippen molar-refractivity contribution >= 4 is 12.0 Å². The average Bonchev–Trinajstić information content (AvgIpc) is 2.61. The Kier molecular flexibility index (Phi) is 6.39. The van der Waals surface area contributed by atoms with E-state index in [-0.39, 0.29) is 0 Å². The Morgan fingerprint density at radius 1 is 1.04 bits per heavy atom. The number of benzene rings is 2. The van der Waals surface area contributed by atoms with Crippen molar-refractivity contribution in [2.24, 2.45) is 5.90 Å². The van der Waals surface area contributed by atoms with Gasteiger partial charge in [-0.2, -0.15) is 5.90 Å². The molecule has 23 heavy (non-hydrogen) atoms. The molecule has 120 valence electrons. The Balaban J connectivity index is 2.01. The van der Waals surface area contributed by atoms with Crippen molar-refractivity contribution in [2.45, 2.75) is 19.8 Å². The summed E-state index contributed by atoms with van der Waals surface area (Å²) in [7, 11) is 0. The molecular weight excluding hydrogens is 290 g/mol. The minimum Gasteiger partial charge on any atom is -0.494 e. The van der Waals surface area contributed by atoms with Crippen LogP contribution in [0.4, 0.5) is 0 Å². The summed E-state index contributed by atoms with van der Waals surface area (Å²) in [5, 5.41) is 0. The SMILES string of the molecule is CCCCOc1ccc(-c2ccc(/C=C/C(=O)ON)cc2)cc1. The average molecular weight is 311 g/mol. The van der Waals surface area contributed by atoms with Crippen LogP contribution in [0.2, 0.25) is 0 Å². The van der Waals surface area contributed by atoms with Gasteiger partial charge in [-0.3, -0.25) is 0 Å². The molecule has 2 rings (SSSR count). The zero-order chi connectivity index (χ0) is 16.5. The van der Waals surface area contributed by atoms with Crippen LogP contribution in [-0.2, 0) is 9.63 Å². The van der Waals surface area contributed by atoms with Crippen LogP contribution in [0.15, 0.2) is 54.6 Å². The van der Waals surface area contributed by atoms with E-state index in [0.29, 0.717) is 0 Å². The van der Waals surface area contributed by atoms with E-state index in [9.17, 15) is 4.79 Å². The van der Waals surface area contributed by atoms with Crippen molar-refractivity contribution in [3.63, 3.8) is 0 Å². The Morgan fingerprint density at radius 3 is 2.22 bits per heavy atom. The summed E-state index contributed by atoms with van der Waals surface area (Å²) >= 11 is 0. The lowest BCUT2D eigenvalue weighted by atomic mass is 10.0. The third kappa shape index (κ3) is 5.27. The van der Waals surface area contributed by atoms with Gasteiger partial charge in [0.1, 0.15) is 5.75 Å². The van der Waals surface area contributed by atoms with Gasteiger partial charge in [0.05, 0.1) is 6.61 Å². The molecule has 0 saturated heterocycles. The molecule has 0 aliphatic carbocycles. The first kappa shape index (κ1) is 16.8. The quantitative estimate of drug-likeness (QED) is 0.477. The summed E-state index contributed by atoms with van der Waals surface area (Å²) in [6.45, 7) is 2.90. The fourth-order valence-electron chi connectivity index (χ4n) is 2.07. The molecule has 0 aromatic heterocycles. The van der Waals surface area contributed by atoms with Crippen LogP contribution in [0.1, 0.15) is 25.3 Å². The van der Waals surface area contributed by atoms with E-state index in [2.05, 4.69) is 11.8 Å². The van der Waals surface area contributed by atoms with Crippen LogP contribution in [-0.4, -0.2) is 12.6 Å². The Hall–Kier alpha value is -2.59. The molecule has 0 spiro atoms. The number of rotatable bonds is 7. The smallest absolute Gasteiger partial charge is 0.349 e. The maximum atomic E-state index is 11.0. The van der Waals surface area contributed by atoms with E-state index >= 15 is 0 Å². The highest BCUT2D eigenvalue weighted by atomic mass is 16.7. The van der Waals surface area contributed by atoms with E-state index < -0.39 is 5.97 Å². The maximum Gasteiger partial charge on any atom is 0.349 e. The van der Waals surface area contributed by atoms with E-state index in [0.717, 1.165) is 41.9 Å². The van der Waals surface area contributed by atoms with Crippen LogP contribution >= 0.6 is 0 Å². The molecule has 0 amide bonds. The van der Waals surface area contributed by atoms with Crippen molar-refractivity contribution in [1.82, 2.24) is 0 Å². The van der Waals surface area contributed by atoms with Gasteiger partial charge in [-0.05, 0) is 41.3 Å². The van der Waals surface area contributed by atoms with Gasteiger partial charge < -0.3 is 9.57 Å². The summed E-state index contributed by atoms with van der Waals surface area (Å²) in [4.78, 5) is 15.0. The Morgan fingerprint density at radius 2 is 1.65 bits per heavy atom. The fourth-order valence-corrected chi connectivity index (χ4v) is 2.07. The molecular formula is C19H21NO3. The van der Waals surface area contributed by atoms with Crippen LogP contribution in [0.3, 0.4) is 0 Å². The number of nitrogens with two attached hydrogens (primary N) is 1. The molecule has 4 heteroatoms. The molecule has 2 N–H and O–H groups in total. The van der Waals surface area contributed by atoms with E-state index in [1.54, 1.807) is 6.08 Å². The summed E-state index contributed by atoms with van der Waals surface area (Å²) in [5.74, 6) is 5.09. The first-order valence-corrected chi connectivity index (χ1v) is 7.65. The van der Waals surface area contributed by atoms with Gasteiger partial charge >= 0.3 is 5.97 Å². The summed E-state index contributed by atoms with van der Waals surface area (Å²) in [6.07, 6.45) is 5.14. The maximum absolute atomic E-state index is 11.0.